The van der Waals surface area contributed by atoms with E-state index in [1.165, 1.54) is 82.4 Å². The van der Waals surface area contributed by atoms with Gasteiger partial charge >= 0.3 is 0 Å². The van der Waals surface area contributed by atoms with Crippen LogP contribution in [0.3, 0.4) is 0 Å². The van der Waals surface area contributed by atoms with Gasteiger partial charge in [0.1, 0.15) is 0 Å². The van der Waals surface area contributed by atoms with Gasteiger partial charge in [-0.2, -0.15) is 0 Å². The second-order valence-corrected chi connectivity index (χ2v) is 17.6. The first-order valence-corrected chi connectivity index (χ1v) is 23.1. The number of aromatic nitrogens is 2. The molecule has 312 valence electrons. The summed E-state index contributed by atoms with van der Waals surface area (Å²) >= 11 is 0. The molecule has 0 bridgehead atoms. The fourth-order valence-electron chi connectivity index (χ4n) is 10.9. The SMILES string of the molecule is c1ccc(-c2cc(-c3ccc(-c4cc5c(cc4-c4ccc6c7ccccc7c7ccccc7c6c4)C(c4ccccc4)(c4ccccc4)c4ccccc4-5)cc3)nc(-c3ccccc3)n2)cc1. The van der Waals surface area contributed by atoms with Crippen molar-refractivity contribution in [2.75, 3.05) is 0 Å². The van der Waals surface area contributed by atoms with Crippen LogP contribution in [0.4, 0.5) is 0 Å². The van der Waals surface area contributed by atoms with Crippen LogP contribution in [0.5, 0.6) is 0 Å². The summed E-state index contributed by atoms with van der Waals surface area (Å²) in [6.45, 7) is 0. The Kier molecular flexibility index (Phi) is 9.11. The van der Waals surface area contributed by atoms with Crippen LogP contribution in [0.15, 0.2) is 255 Å². The van der Waals surface area contributed by atoms with Crippen molar-refractivity contribution in [1.82, 2.24) is 9.97 Å². The van der Waals surface area contributed by atoms with Crippen LogP contribution in [0.25, 0.3) is 99.6 Å². The van der Waals surface area contributed by atoms with E-state index in [-0.39, 0.29) is 0 Å². The van der Waals surface area contributed by atoms with Gasteiger partial charge in [0.15, 0.2) is 5.82 Å². The van der Waals surface area contributed by atoms with Crippen LogP contribution in [0.2, 0.25) is 0 Å². The minimum Gasteiger partial charge on any atom is -0.228 e. The first-order chi connectivity index (χ1) is 33.2. The third-order valence-electron chi connectivity index (χ3n) is 14.0. The summed E-state index contributed by atoms with van der Waals surface area (Å²) in [6.07, 6.45) is 0. The molecule has 1 aliphatic rings. The van der Waals surface area contributed by atoms with Crippen molar-refractivity contribution in [2.24, 2.45) is 0 Å². The van der Waals surface area contributed by atoms with E-state index >= 15 is 0 Å². The minimum atomic E-state index is -0.536. The highest BCUT2D eigenvalue weighted by molar-refractivity contribution is 6.25. The molecule has 11 aromatic carbocycles. The molecule has 2 nitrogen and oxygen atoms in total. The highest BCUT2D eigenvalue weighted by Gasteiger charge is 2.46. The quantitative estimate of drug-likeness (QED) is 0.149. The first-order valence-electron chi connectivity index (χ1n) is 23.1. The molecule has 0 saturated carbocycles. The molecule has 0 atom stereocenters. The maximum atomic E-state index is 5.18. The number of fused-ring (bicyclic) bond motifs is 9. The second-order valence-electron chi connectivity index (χ2n) is 17.6. The van der Waals surface area contributed by atoms with E-state index in [1.807, 2.05) is 24.3 Å². The van der Waals surface area contributed by atoms with Crippen molar-refractivity contribution in [2.45, 2.75) is 5.41 Å². The summed E-state index contributed by atoms with van der Waals surface area (Å²) in [7, 11) is 0. The smallest absolute Gasteiger partial charge is 0.160 e. The van der Waals surface area contributed by atoms with E-state index in [4.69, 9.17) is 9.97 Å². The van der Waals surface area contributed by atoms with Gasteiger partial charge in [0, 0.05) is 16.7 Å². The van der Waals surface area contributed by atoms with Gasteiger partial charge in [0.25, 0.3) is 0 Å². The molecule has 1 aliphatic carbocycles. The lowest BCUT2D eigenvalue weighted by Crippen LogP contribution is -2.28. The van der Waals surface area contributed by atoms with Crippen molar-refractivity contribution < 1.29 is 0 Å². The van der Waals surface area contributed by atoms with Gasteiger partial charge in [-0.05, 0) is 112 Å². The van der Waals surface area contributed by atoms with E-state index in [1.54, 1.807) is 0 Å². The monoisotopic (exact) mass is 850 g/mol. The maximum Gasteiger partial charge on any atom is 0.160 e. The third-order valence-corrected chi connectivity index (χ3v) is 14.0. The molecule has 0 unspecified atom stereocenters. The van der Waals surface area contributed by atoms with Crippen LogP contribution in [0, 0.1) is 0 Å². The molecular weight excluding hydrogens is 809 g/mol. The Labute approximate surface area is 390 Å². The summed E-state index contributed by atoms with van der Waals surface area (Å²) in [4.78, 5) is 10.2. The van der Waals surface area contributed by atoms with Gasteiger partial charge in [-0.25, -0.2) is 9.97 Å². The Balaban J connectivity index is 1.06. The van der Waals surface area contributed by atoms with Gasteiger partial charge < -0.3 is 0 Å². The number of benzene rings is 11. The molecule has 12 aromatic rings. The van der Waals surface area contributed by atoms with E-state index in [0.29, 0.717) is 5.82 Å². The van der Waals surface area contributed by atoms with E-state index < -0.39 is 5.41 Å². The molecule has 0 spiro atoms. The first kappa shape index (κ1) is 38.7. The Morgan fingerprint density at radius 1 is 0.239 bits per heavy atom. The lowest BCUT2D eigenvalue weighted by molar-refractivity contribution is 0.769. The zero-order valence-corrected chi connectivity index (χ0v) is 36.6. The third kappa shape index (κ3) is 6.26. The Bertz CT molecular complexity index is 3690. The number of rotatable bonds is 7. The van der Waals surface area contributed by atoms with Crippen molar-refractivity contribution >= 4 is 32.3 Å². The van der Waals surface area contributed by atoms with Gasteiger partial charge in [0.2, 0.25) is 0 Å². The molecule has 1 aromatic heterocycles. The van der Waals surface area contributed by atoms with Crippen LogP contribution in [0.1, 0.15) is 22.3 Å². The van der Waals surface area contributed by atoms with Crippen LogP contribution in [-0.4, -0.2) is 9.97 Å². The van der Waals surface area contributed by atoms with E-state index in [2.05, 4.69) is 231 Å². The predicted octanol–water partition coefficient (Wildman–Crippen LogP) is 16.6. The molecule has 0 fully saturated rings. The zero-order valence-electron chi connectivity index (χ0n) is 36.6. The van der Waals surface area contributed by atoms with Gasteiger partial charge in [0.05, 0.1) is 16.8 Å². The Hall–Kier alpha value is -8.72. The highest BCUT2D eigenvalue weighted by atomic mass is 14.9. The zero-order chi connectivity index (χ0) is 44.3. The lowest BCUT2D eigenvalue weighted by atomic mass is 9.67. The average molecular weight is 851 g/mol. The standard InChI is InChI=1S/C65H42N2/c1-5-19-44(20-6-1)62-42-63(67-64(66-62)46-21-7-2-8-22-46)45-35-33-43(34-36-45)56-40-59-55-31-17-18-32-60(55)65(48-23-9-3-10-24-48,49-25-11-4-12-26-49)61(59)41-57(56)47-37-38-54-52-29-14-13-27-50(52)51-28-15-16-30-53(51)58(54)39-47/h1-42H. The summed E-state index contributed by atoms with van der Waals surface area (Å²) in [5, 5.41) is 7.59. The summed E-state index contributed by atoms with van der Waals surface area (Å²) < 4.78 is 0. The van der Waals surface area contributed by atoms with Crippen molar-refractivity contribution in [3.05, 3.63) is 277 Å². The number of nitrogens with zero attached hydrogens (tertiary/aromatic N) is 2. The molecule has 0 aliphatic heterocycles. The molecule has 2 heteroatoms. The predicted molar refractivity (Wildman–Crippen MR) is 279 cm³/mol. The molecular formula is C65H42N2. The van der Waals surface area contributed by atoms with E-state index in [9.17, 15) is 0 Å². The molecule has 1 heterocycles. The van der Waals surface area contributed by atoms with E-state index in [0.717, 1.165) is 33.6 Å². The average Bonchev–Trinajstić information content (AvgIpc) is 3.71. The molecule has 67 heavy (non-hydrogen) atoms. The normalized spacial score (nSPS) is 12.6. The molecule has 0 radical (unpaired) electrons. The lowest BCUT2D eigenvalue weighted by Gasteiger charge is -2.34. The topological polar surface area (TPSA) is 25.8 Å². The largest absolute Gasteiger partial charge is 0.228 e. The summed E-state index contributed by atoms with van der Waals surface area (Å²) in [5.41, 5.74) is 16.6. The minimum absolute atomic E-state index is 0.536. The molecule has 0 saturated heterocycles. The van der Waals surface area contributed by atoms with Gasteiger partial charge in [-0.15, -0.1) is 0 Å². The van der Waals surface area contributed by atoms with Crippen LogP contribution in [-0.2, 0) is 5.41 Å². The highest BCUT2D eigenvalue weighted by Crippen LogP contribution is 2.58. The number of hydrogen-bond acceptors (Lipinski definition) is 2. The van der Waals surface area contributed by atoms with Crippen molar-refractivity contribution in [3.63, 3.8) is 0 Å². The molecule has 0 N–H and O–H groups in total. The Morgan fingerprint density at radius 2 is 0.672 bits per heavy atom. The van der Waals surface area contributed by atoms with Crippen molar-refractivity contribution in [3.8, 4) is 67.3 Å². The molecule has 13 rings (SSSR count). The fraction of sp³-hybridized carbons (Fsp3) is 0.0154. The maximum absolute atomic E-state index is 5.18. The second kappa shape index (κ2) is 15.8. The Morgan fingerprint density at radius 3 is 1.27 bits per heavy atom. The summed E-state index contributed by atoms with van der Waals surface area (Å²) in [5.74, 6) is 0.706. The molecule has 0 amide bonds. The van der Waals surface area contributed by atoms with Gasteiger partial charge in [-0.1, -0.05) is 231 Å². The number of hydrogen-bond donors (Lipinski definition) is 0. The van der Waals surface area contributed by atoms with Crippen LogP contribution < -0.4 is 0 Å². The summed E-state index contributed by atoms with van der Waals surface area (Å²) in [6, 6.07) is 92.8. The van der Waals surface area contributed by atoms with Gasteiger partial charge in [-0.3, -0.25) is 0 Å². The fourth-order valence-corrected chi connectivity index (χ4v) is 10.9. The van der Waals surface area contributed by atoms with Crippen LogP contribution >= 0.6 is 0 Å². The van der Waals surface area contributed by atoms with Crippen molar-refractivity contribution in [1.29, 1.82) is 0 Å².